The summed E-state index contributed by atoms with van der Waals surface area (Å²) in [6, 6.07) is 8.81. The van der Waals surface area contributed by atoms with E-state index < -0.39 is 16.1 Å². The second kappa shape index (κ2) is 6.51. The number of benzene rings is 1. The monoisotopic (exact) mass is 269 g/mol. The van der Waals surface area contributed by atoms with Crippen molar-refractivity contribution in [1.82, 2.24) is 4.72 Å². The third-order valence-corrected chi connectivity index (χ3v) is 3.99. The highest BCUT2D eigenvalue weighted by atomic mass is 32.2. The fourth-order valence-corrected chi connectivity index (χ4v) is 2.89. The normalized spacial score (nSPS) is 13.2. The molecule has 0 aliphatic heterocycles. The zero-order valence-corrected chi connectivity index (χ0v) is 11.2. The van der Waals surface area contributed by atoms with Crippen molar-refractivity contribution in [2.75, 3.05) is 5.75 Å². The molecule has 5 nitrogen and oxygen atoms in total. The highest BCUT2D eigenvalue weighted by Crippen LogP contribution is 2.02. The Morgan fingerprint density at radius 1 is 1.39 bits per heavy atom. The average Bonchev–Trinajstić information content (AvgIpc) is 2.35. The maximum absolute atomic E-state index is 11.8. The number of hydrogen-bond donors (Lipinski definition) is 3. The quantitative estimate of drug-likeness (QED) is 0.506. The van der Waals surface area contributed by atoms with E-state index in [0.29, 0.717) is 12.8 Å². The molecule has 0 spiro atoms. The summed E-state index contributed by atoms with van der Waals surface area (Å²) in [4.78, 5) is 0. The van der Waals surface area contributed by atoms with Crippen molar-refractivity contribution >= 4 is 15.9 Å². The molecule has 0 heterocycles. The molecule has 0 aliphatic carbocycles. The first-order valence-electron chi connectivity index (χ1n) is 5.82. The minimum Gasteiger partial charge on any atom is -0.386 e. The molecule has 1 aromatic rings. The Balaban J connectivity index is 2.57. The summed E-state index contributed by atoms with van der Waals surface area (Å²) in [7, 11) is -3.41. The van der Waals surface area contributed by atoms with Gasteiger partial charge >= 0.3 is 0 Å². The summed E-state index contributed by atoms with van der Waals surface area (Å²) in [5, 5.41) is 7.28. The third-order valence-electron chi connectivity index (χ3n) is 2.61. The second-order valence-corrected chi connectivity index (χ2v) is 5.96. The van der Waals surface area contributed by atoms with Gasteiger partial charge in [0.15, 0.2) is 0 Å². The van der Waals surface area contributed by atoms with E-state index in [9.17, 15) is 8.42 Å². The summed E-state index contributed by atoms with van der Waals surface area (Å²) in [5.74, 6) is -0.151. The average molecular weight is 269 g/mol. The fraction of sp³-hybridized carbons (Fsp3) is 0.417. The zero-order valence-electron chi connectivity index (χ0n) is 10.4. The number of hydrogen-bond acceptors (Lipinski definition) is 3. The molecule has 0 bridgehead atoms. The Morgan fingerprint density at radius 3 is 2.50 bits per heavy atom. The van der Waals surface area contributed by atoms with Gasteiger partial charge in [0, 0.05) is 0 Å². The number of rotatable bonds is 7. The van der Waals surface area contributed by atoms with Crippen LogP contribution < -0.4 is 10.5 Å². The van der Waals surface area contributed by atoms with Gasteiger partial charge in [0.05, 0.1) is 11.8 Å². The fourth-order valence-electron chi connectivity index (χ4n) is 1.54. The molecule has 4 N–H and O–H groups in total. The summed E-state index contributed by atoms with van der Waals surface area (Å²) in [6.45, 7) is 1.78. The molecule has 1 rings (SSSR count). The molecule has 0 saturated carbocycles. The Bertz CT molecular complexity index is 485. The van der Waals surface area contributed by atoms with Crippen LogP contribution in [0.2, 0.25) is 0 Å². The highest BCUT2D eigenvalue weighted by molar-refractivity contribution is 7.89. The molecule has 18 heavy (non-hydrogen) atoms. The lowest BCUT2D eigenvalue weighted by Gasteiger charge is -2.15. The predicted octanol–water partition coefficient (Wildman–Crippen LogP) is 0.863. The number of amidine groups is 1. The molecular formula is C12H19N3O2S. The van der Waals surface area contributed by atoms with Gasteiger partial charge in [0.2, 0.25) is 10.0 Å². The number of nitrogens with two attached hydrogens (primary N) is 1. The van der Waals surface area contributed by atoms with E-state index in [2.05, 4.69) is 4.72 Å². The molecule has 0 aliphatic rings. The lowest BCUT2D eigenvalue weighted by molar-refractivity contribution is 0.570. The zero-order chi connectivity index (χ0) is 13.6. The van der Waals surface area contributed by atoms with Crippen LogP contribution in [0.15, 0.2) is 30.3 Å². The van der Waals surface area contributed by atoms with Crippen LogP contribution in [0.3, 0.4) is 0 Å². The predicted molar refractivity (Wildman–Crippen MR) is 73.1 cm³/mol. The third kappa shape index (κ3) is 4.85. The van der Waals surface area contributed by atoms with E-state index in [0.717, 1.165) is 5.56 Å². The summed E-state index contributed by atoms with van der Waals surface area (Å²) in [5.41, 5.74) is 6.29. The van der Waals surface area contributed by atoms with Gasteiger partial charge < -0.3 is 5.73 Å². The first-order valence-corrected chi connectivity index (χ1v) is 7.47. The molecule has 0 amide bonds. The molecule has 0 radical (unpaired) electrons. The first-order chi connectivity index (χ1) is 8.44. The van der Waals surface area contributed by atoms with E-state index in [-0.39, 0.29) is 11.6 Å². The molecule has 1 aromatic carbocycles. The molecule has 0 aromatic heterocycles. The number of aryl methyl sites for hydroxylation is 1. The molecule has 6 heteroatoms. The van der Waals surface area contributed by atoms with Gasteiger partial charge in [0.1, 0.15) is 5.84 Å². The van der Waals surface area contributed by atoms with Crippen LogP contribution in [-0.2, 0) is 16.4 Å². The van der Waals surface area contributed by atoms with Crippen LogP contribution in [0, 0.1) is 5.41 Å². The Hall–Kier alpha value is -1.40. The molecule has 100 valence electrons. The summed E-state index contributed by atoms with van der Waals surface area (Å²) in [6.07, 6.45) is 0.921. The van der Waals surface area contributed by atoms with Crippen LogP contribution in [0.25, 0.3) is 0 Å². The van der Waals surface area contributed by atoms with Gasteiger partial charge in [0.25, 0.3) is 0 Å². The van der Waals surface area contributed by atoms with Gasteiger partial charge in [-0.1, -0.05) is 37.3 Å². The molecule has 0 fully saturated rings. The van der Waals surface area contributed by atoms with E-state index in [1.54, 1.807) is 6.92 Å². The van der Waals surface area contributed by atoms with Gasteiger partial charge in [-0.3, -0.25) is 5.41 Å². The lowest BCUT2D eigenvalue weighted by atomic mass is 10.2. The van der Waals surface area contributed by atoms with E-state index in [4.69, 9.17) is 11.1 Å². The Morgan fingerprint density at radius 2 is 2.00 bits per heavy atom. The minimum absolute atomic E-state index is 0.000787. The van der Waals surface area contributed by atoms with Crippen LogP contribution in [0.5, 0.6) is 0 Å². The molecular weight excluding hydrogens is 250 g/mol. The molecule has 1 unspecified atom stereocenters. The van der Waals surface area contributed by atoms with Gasteiger partial charge in [-0.15, -0.1) is 0 Å². The van der Waals surface area contributed by atoms with Gasteiger partial charge in [-0.2, -0.15) is 0 Å². The highest BCUT2D eigenvalue weighted by Gasteiger charge is 2.18. The van der Waals surface area contributed by atoms with Crippen molar-refractivity contribution in [2.45, 2.75) is 25.8 Å². The number of sulfonamides is 1. The number of nitrogens with one attached hydrogen (secondary N) is 2. The lowest BCUT2D eigenvalue weighted by Crippen LogP contribution is -2.44. The summed E-state index contributed by atoms with van der Waals surface area (Å²) < 4.78 is 26.1. The van der Waals surface area contributed by atoms with Gasteiger partial charge in [-0.05, 0) is 18.4 Å². The van der Waals surface area contributed by atoms with E-state index in [1.165, 1.54) is 0 Å². The second-order valence-electron chi connectivity index (χ2n) is 4.09. The minimum atomic E-state index is -3.41. The van der Waals surface area contributed by atoms with Crippen molar-refractivity contribution in [3.63, 3.8) is 0 Å². The van der Waals surface area contributed by atoms with Crippen LogP contribution >= 0.6 is 0 Å². The van der Waals surface area contributed by atoms with Crippen molar-refractivity contribution in [2.24, 2.45) is 5.73 Å². The Kier molecular flexibility index (Phi) is 5.30. The van der Waals surface area contributed by atoms with Crippen molar-refractivity contribution < 1.29 is 8.42 Å². The van der Waals surface area contributed by atoms with Crippen LogP contribution in [-0.4, -0.2) is 26.0 Å². The van der Waals surface area contributed by atoms with Crippen LogP contribution in [0.1, 0.15) is 18.9 Å². The van der Waals surface area contributed by atoms with Crippen molar-refractivity contribution in [3.05, 3.63) is 35.9 Å². The Labute approximate surface area is 108 Å². The smallest absolute Gasteiger partial charge is 0.212 e. The largest absolute Gasteiger partial charge is 0.386 e. The molecule has 0 saturated heterocycles. The standard InChI is InChI=1S/C12H19N3O2S/c1-2-11(12(13)14)15-18(16,17)9-8-10-6-4-3-5-7-10/h3-7,11,15H,2,8-9H2,1H3,(H3,13,14). The SMILES string of the molecule is CCC(NS(=O)(=O)CCc1ccccc1)C(=N)N. The maximum Gasteiger partial charge on any atom is 0.212 e. The maximum atomic E-state index is 11.8. The van der Waals surface area contributed by atoms with Gasteiger partial charge in [-0.25, -0.2) is 13.1 Å². The van der Waals surface area contributed by atoms with Crippen molar-refractivity contribution in [3.8, 4) is 0 Å². The van der Waals surface area contributed by atoms with Crippen LogP contribution in [0.4, 0.5) is 0 Å². The van der Waals surface area contributed by atoms with E-state index in [1.807, 2.05) is 30.3 Å². The summed E-state index contributed by atoms with van der Waals surface area (Å²) >= 11 is 0. The first kappa shape index (κ1) is 14.7. The topological polar surface area (TPSA) is 96.0 Å². The van der Waals surface area contributed by atoms with Crippen molar-refractivity contribution in [1.29, 1.82) is 5.41 Å². The molecule has 1 atom stereocenters. The van der Waals surface area contributed by atoms with E-state index >= 15 is 0 Å².